The second kappa shape index (κ2) is 5.22. The number of hydrogen-bond donors (Lipinski definition) is 0. The molecule has 1 aliphatic rings. The van der Waals surface area contributed by atoms with Crippen molar-refractivity contribution in [2.75, 3.05) is 13.1 Å². The van der Waals surface area contributed by atoms with Gasteiger partial charge >= 0.3 is 0 Å². The first kappa shape index (κ1) is 14.2. The largest absolute Gasteiger partial charge is 0.252 e. The lowest BCUT2D eigenvalue weighted by atomic mass is 9.82. The van der Waals surface area contributed by atoms with E-state index in [-0.39, 0.29) is 5.41 Å². The fraction of sp³-hybridized carbons (Fsp3) is 0.462. The molecule has 0 saturated carbocycles. The molecular weight excluding hydrogens is 312 g/mol. The van der Waals surface area contributed by atoms with Crippen LogP contribution < -0.4 is 0 Å². The molecule has 3 heterocycles. The van der Waals surface area contributed by atoms with Gasteiger partial charge in [-0.2, -0.15) is 4.31 Å². The van der Waals surface area contributed by atoms with Gasteiger partial charge in [0.15, 0.2) is 0 Å². The fourth-order valence-corrected chi connectivity index (χ4v) is 5.94. The highest BCUT2D eigenvalue weighted by Gasteiger charge is 2.38. The Bertz CT molecular complexity index is 655. The van der Waals surface area contributed by atoms with Gasteiger partial charge in [-0.15, -0.1) is 22.7 Å². The van der Waals surface area contributed by atoms with Crippen molar-refractivity contribution in [3.63, 3.8) is 0 Å². The predicted molar refractivity (Wildman–Crippen MR) is 81.8 cm³/mol. The number of sulfonamides is 1. The zero-order valence-corrected chi connectivity index (χ0v) is 13.6. The minimum atomic E-state index is -3.30. The highest BCUT2D eigenvalue weighted by atomic mass is 32.2. The quantitative estimate of drug-likeness (QED) is 0.870. The number of aromatic nitrogens is 1. The van der Waals surface area contributed by atoms with Crippen molar-refractivity contribution in [1.82, 2.24) is 9.29 Å². The van der Waals surface area contributed by atoms with Crippen LogP contribution in [0.4, 0.5) is 0 Å². The highest BCUT2D eigenvalue weighted by molar-refractivity contribution is 7.91. The van der Waals surface area contributed by atoms with E-state index in [1.165, 1.54) is 11.3 Å². The molecule has 1 fully saturated rings. The molecular formula is C13H16N2O2S3. The van der Waals surface area contributed by atoms with Gasteiger partial charge in [-0.25, -0.2) is 13.4 Å². The van der Waals surface area contributed by atoms with Gasteiger partial charge in [0.1, 0.15) is 4.21 Å². The normalized spacial score (nSPS) is 20.1. The molecule has 0 unspecified atom stereocenters. The number of nitrogens with zero attached hydrogens (tertiary/aromatic N) is 2. The number of thiazole rings is 1. The van der Waals surface area contributed by atoms with Crippen LogP contribution in [-0.2, 0) is 15.4 Å². The summed E-state index contributed by atoms with van der Waals surface area (Å²) in [5, 5.41) is 4.90. The Kier molecular flexibility index (Phi) is 3.70. The van der Waals surface area contributed by atoms with Crippen molar-refractivity contribution in [3.05, 3.63) is 34.1 Å². The van der Waals surface area contributed by atoms with Crippen LogP contribution in [0.25, 0.3) is 0 Å². The lowest BCUT2D eigenvalue weighted by Gasteiger charge is -2.37. The van der Waals surface area contributed by atoms with Crippen LogP contribution in [0, 0.1) is 0 Å². The maximum Gasteiger partial charge on any atom is 0.252 e. The molecule has 108 valence electrons. The zero-order chi connectivity index (χ0) is 14.2. The summed E-state index contributed by atoms with van der Waals surface area (Å²) in [6.07, 6.45) is 3.47. The molecule has 3 rings (SSSR count). The van der Waals surface area contributed by atoms with Gasteiger partial charge in [0, 0.05) is 30.1 Å². The maximum atomic E-state index is 12.5. The lowest BCUT2D eigenvalue weighted by molar-refractivity contribution is 0.249. The van der Waals surface area contributed by atoms with E-state index in [0.29, 0.717) is 17.3 Å². The summed E-state index contributed by atoms with van der Waals surface area (Å²) >= 11 is 2.94. The third-order valence-electron chi connectivity index (χ3n) is 3.86. The van der Waals surface area contributed by atoms with E-state index in [4.69, 9.17) is 0 Å². The summed E-state index contributed by atoms with van der Waals surface area (Å²) in [4.78, 5) is 4.40. The summed E-state index contributed by atoms with van der Waals surface area (Å²) in [5.74, 6) is 0. The molecule has 0 N–H and O–H groups in total. The average Bonchev–Trinajstić information content (AvgIpc) is 3.13. The second-order valence-corrected chi connectivity index (χ2v) is 9.24. The molecule has 1 aliphatic heterocycles. The Morgan fingerprint density at radius 3 is 2.55 bits per heavy atom. The summed E-state index contributed by atoms with van der Waals surface area (Å²) in [5.41, 5.74) is 0.00956. The van der Waals surface area contributed by atoms with Crippen LogP contribution in [0.1, 0.15) is 24.8 Å². The van der Waals surface area contributed by atoms with E-state index in [1.54, 1.807) is 33.2 Å². The first-order valence-electron chi connectivity index (χ1n) is 6.46. The van der Waals surface area contributed by atoms with Crippen molar-refractivity contribution in [2.24, 2.45) is 0 Å². The average molecular weight is 328 g/mol. The molecule has 4 nitrogen and oxygen atoms in total. The van der Waals surface area contributed by atoms with Gasteiger partial charge in [-0.3, -0.25) is 0 Å². The van der Waals surface area contributed by atoms with Crippen LogP contribution in [0.3, 0.4) is 0 Å². The smallest absolute Gasteiger partial charge is 0.249 e. The van der Waals surface area contributed by atoms with E-state index in [2.05, 4.69) is 11.9 Å². The molecule has 7 heteroatoms. The lowest BCUT2D eigenvalue weighted by Crippen LogP contribution is -2.43. The van der Waals surface area contributed by atoms with Gasteiger partial charge in [-0.1, -0.05) is 13.0 Å². The third-order valence-corrected chi connectivity index (χ3v) is 8.21. The molecule has 0 bridgehead atoms. The molecule has 0 amide bonds. The Morgan fingerprint density at radius 2 is 2.00 bits per heavy atom. The van der Waals surface area contributed by atoms with E-state index < -0.39 is 10.0 Å². The zero-order valence-electron chi connectivity index (χ0n) is 11.2. The van der Waals surface area contributed by atoms with Crippen LogP contribution >= 0.6 is 22.7 Å². The number of hydrogen-bond acceptors (Lipinski definition) is 5. The summed E-state index contributed by atoms with van der Waals surface area (Å²) in [6.45, 7) is 3.31. The number of piperidine rings is 1. The van der Waals surface area contributed by atoms with Crippen molar-refractivity contribution in [2.45, 2.75) is 29.4 Å². The number of rotatable bonds is 3. The highest BCUT2D eigenvalue weighted by Crippen LogP contribution is 2.37. The standard InChI is InChI=1S/C13H16N2O2S3/c1-13(12-14-6-10-19-12)4-7-15(8-5-13)20(16,17)11-3-2-9-18-11/h2-3,6,9-10H,4-5,7-8H2,1H3. The Morgan fingerprint density at radius 1 is 1.25 bits per heavy atom. The SMILES string of the molecule is CC1(c2nccs2)CCN(S(=O)(=O)c2cccs2)CC1. The van der Waals surface area contributed by atoms with E-state index in [0.717, 1.165) is 17.8 Å². The maximum absolute atomic E-state index is 12.5. The minimum absolute atomic E-state index is 0.00956. The van der Waals surface area contributed by atoms with Crippen molar-refractivity contribution >= 4 is 32.7 Å². The molecule has 0 atom stereocenters. The molecule has 20 heavy (non-hydrogen) atoms. The van der Waals surface area contributed by atoms with Crippen LogP contribution in [0.5, 0.6) is 0 Å². The van der Waals surface area contributed by atoms with Crippen LogP contribution in [-0.4, -0.2) is 30.8 Å². The Balaban J connectivity index is 1.76. The van der Waals surface area contributed by atoms with Crippen molar-refractivity contribution < 1.29 is 8.42 Å². The molecule has 0 aliphatic carbocycles. The van der Waals surface area contributed by atoms with E-state index in [1.807, 2.05) is 11.6 Å². The van der Waals surface area contributed by atoms with E-state index >= 15 is 0 Å². The topological polar surface area (TPSA) is 50.3 Å². The first-order valence-corrected chi connectivity index (χ1v) is 9.66. The summed E-state index contributed by atoms with van der Waals surface area (Å²) < 4.78 is 27.0. The Labute approximate surface area is 127 Å². The van der Waals surface area contributed by atoms with Gasteiger partial charge < -0.3 is 0 Å². The first-order chi connectivity index (χ1) is 9.52. The number of thiophene rings is 1. The second-order valence-electron chi connectivity index (χ2n) is 5.23. The van der Waals surface area contributed by atoms with Crippen molar-refractivity contribution in [1.29, 1.82) is 0 Å². The predicted octanol–water partition coefficient (Wildman–Crippen LogP) is 2.95. The molecule has 2 aromatic heterocycles. The van der Waals surface area contributed by atoms with Gasteiger partial charge in [-0.05, 0) is 24.3 Å². The van der Waals surface area contributed by atoms with E-state index in [9.17, 15) is 8.42 Å². The Hall–Kier alpha value is -0.760. The molecule has 0 spiro atoms. The van der Waals surface area contributed by atoms with Gasteiger partial charge in [0.25, 0.3) is 10.0 Å². The molecule has 0 aromatic carbocycles. The molecule has 2 aromatic rings. The van der Waals surface area contributed by atoms with Crippen molar-refractivity contribution in [3.8, 4) is 0 Å². The summed E-state index contributed by atoms with van der Waals surface area (Å²) in [6, 6.07) is 3.45. The van der Waals surface area contributed by atoms with Gasteiger partial charge in [0.05, 0.1) is 5.01 Å². The van der Waals surface area contributed by atoms with Crippen LogP contribution in [0.2, 0.25) is 0 Å². The minimum Gasteiger partial charge on any atom is -0.249 e. The van der Waals surface area contributed by atoms with Crippen LogP contribution in [0.15, 0.2) is 33.3 Å². The van der Waals surface area contributed by atoms with Gasteiger partial charge in [0.2, 0.25) is 0 Å². The molecule has 1 saturated heterocycles. The third kappa shape index (κ3) is 2.43. The molecule has 0 radical (unpaired) electrons. The monoisotopic (exact) mass is 328 g/mol. The summed E-state index contributed by atoms with van der Waals surface area (Å²) in [7, 11) is -3.30. The fourth-order valence-electron chi connectivity index (χ4n) is 2.49.